The van der Waals surface area contributed by atoms with E-state index in [0.717, 1.165) is 18.4 Å². The van der Waals surface area contributed by atoms with Crippen molar-refractivity contribution in [2.24, 2.45) is 0 Å². The first-order valence-corrected chi connectivity index (χ1v) is 7.63. The van der Waals surface area contributed by atoms with Crippen LogP contribution in [0.2, 0.25) is 0 Å². The van der Waals surface area contributed by atoms with Gasteiger partial charge in [-0.2, -0.15) is 0 Å². The van der Waals surface area contributed by atoms with Crippen molar-refractivity contribution in [1.29, 1.82) is 0 Å². The molecule has 0 aliphatic heterocycles. The van der Waals surface area contributed by atoms with Crippen molar-refractivity contribution < 1.29 is 9.90 Å². The van der Waals surface area contributed by atoms with Crippen LogP contribution in [0.25, 0.3) is 0 Å². The van der Waals surface area contributed by atoms with Gasteiger partial charge >= 0.3 is 0 Å². The molecule has 0 radical (unpaired) electrons. The molecule has 1 saturated carbocycles. The summed E-state index contributed by atoms with van der Waals surface area (Å²) in [5.74, 6) is -0.264. The fraction of sp³-hybridized carbons (Fsp3) is 0.588. The summed E-state index contributed by atoms with van der Waals surface area (Å²) in [7, 11) is 0. The van der Waals surface area contributed by atoms with Crippen LogP contribution in [0.4, 0.5) is 0 Å². The lowest BCUT2D eigenvalue weighted by molar-refractivity contribution is -0.130. The summed E-state index contributed by atoms with van der Waals surface area (Å²) in [6, 6.07) is 5.91. The predicted molar refractivity (Wildman–Crippen MR) is 80.5 cm³/mol. The van der Waals surface area contributed by atoms with Gasteiger partial charge in [0.2, 0.25) is 0 Å². The molecule has 0 heterocycles. The third-order valence-electron chi connectivity index (χ3n) is 4.30. The molecule has 1 aliphatic rings. The van der Waals surface area contributed by atoms with Gasteiger partial charge < -0.3 is 10.4 Å². The first-order chi connectivity index (χ1) is 9.58. The molecule has 3 nitrogen and oxygen atoms in total. The van der Waals surface area contributed by atoms with Gasteiger partial charge in [-0.1, -0.05) is 43.9 Å². The average Bonchev–Trinajstić information content (AvgIpc) is 2.69. The van der Waals surface area contributed by atoms with E-state index in [-0.39, 0.29) is 11.9 Å². The maximum absolute atomic E-state index is 12.2. The number of benzene rings is 1. The Morgan fingerprint density at radius 3 is 2.40 bits per heavy atom. The SMILES string of the molecule is Cc1ccc(C(O)C(=O)NC2CCCCCC2)cc1C. The Morgan fingerprint density at radius 1 is 1.15 bits per heavy atom. The molecule has 0 saturated heterocycles. The highest BCUT2D eigenvalue weighted by molar-refractivity contribution is 5.82. The van der Waals surface area contributed by atoms with E-state index in [2.05, 4.69) is 5.32 Å². The van der Waals surface area contributed by atoms with Gasteiger partial charge in [0.05, 0.1) is 0 Å². The van der Waals surface area contributed by atoms with Gasteiger partial charge in [0.25, 0.3) is 5.91 Å². The molecule has 0 aromatic heterocycles. The number of amides is 1. The van der Waals surface area contributed by atoms with E-state index < -0.39 is 6.10 Å². The second kappa shape index (κ2) is 6.89. The molecule has 2 N–H and O–H groups in total. The van der Waals surface area contributed by atoms with Crippen LogP contribution >= 0.6 is 0 Å². The average molecular weight is 275 g/mol. The van der Waals surface area contributed by atoms with Crippen LogP contribution in [0.15, 0.2) is 18.2 Å². The molecule has 1 aromatic rings. The van der Waals surface area contributed by atoms with Crippen LogP contribution in [-0.4, -0.2) is 17.1 Å². The van der Waals surface area contributed by atoms with Gasteiger partial charge in [0.15, 0.2) is 6.10 Å². The number of nitrogens with one attached hydrogen (secondary N) is 1. The van der Waals surface area contributed by atoms with Crippen LogP contribution in [0.3, 0.4) is 0 Å². The number of hydrogen-bond acceptors (Lipinski definition) is 2. The first kappa shape index (κ1) is 15.0. The zero-order valence-electron chi connectivity index (χ0n) is 12.5. The second-order valence-electron chi connectivity index (χ2n) is 5.94. The Labute approximate surface area is 121 Å². The van der Waals surface area contributed by atoms with Gasteiger partial charge in [-0.3, -0.25) is 4.79 Å². The Kier molecular flexibility index (Phi) is 5.18. The van der Waals surface area contributed by atoms with Gasteiger partial charge in [-0.15, -0.1) is 0 Å². The number of rotatable bonds is 3. The lowest BCUT2D eigenvalue weighted by atomic mass is 10.0. The quantitative estimate of drug-likeness (QED) is 0.832. The summed E-state index contributed by atoms with van der Waals surface area (Å²) in [4.78, 5) is 12.2. The molecule has 1 aromatic carbocycles. The highest BCUT2D eigenvalue weighted by Crippen LogP contribution is 2.20. The van der Waals surface area contributed by atoms with Crippen LogP contribution in [0.5, 0.6) is 0 Å². The topological polar surface area (TPSA) is 49.3 Å². The number of hydrogen-bond donors (Lipinski definition) is 2. The summed E-state index contributed by atoms with van der Waals surface area (Å²) in [5, 5.41) is 13.2. The van der Waals surface area contributed by atoms with Crippen molar-refractivity contribution in [2.75, 3.05) is 0 Å². The maximum atomic E-state index is 12.2. The smallest absolute Gasteiger partial charge is 0.253 e. The minimum absolute atomic E-state index is 0.228. The summed E-state index contributed by atoms with van der Waals surface area (Å²) in [5.41, 5.74) is 2.95. The number of aliphatic hydroxyl groups is 1. The number of carbonyl (C=O) groups is 1. The molecule has 2 rings (SSSR count). The minimum atomic E-state index is -1.06. The lowest BCUT2D eigenvalue weighted by Gasteiger charge is -2.19. The Balaban J connectivity index is 1.98. The zero-order valence-corrected chi connectivity index (χ0v) is 12.5. The number of aliphatic hydroxyl groups excluding tert-OH is 1. The largest absolute Gasteiger partial charge is 0.378 e. The second-order valence-corrected chi connectivity index (χ2v) is 5.94. The molecule has 0 bridgehead atoms. The van der Waals surface area contributed by atoms with Crippen LogP contribution in [0.1, 0.15) is 61.3 Å². The van der Waals surface area contributed by atoms with Crippen molar-refractivity contribution in [3.05, 3.63) is 34.9 Å². The third-order valence-corrected chi connectivity index (χ3v) is 4.30. The van der Waals surface area contributed by atoms with Gasteiger partial charge in [-0.25, -0.2) is 0 Å². The van der Waals surface area contributed by atoms with Crippen LogP contribution in [0, 0.1) is 13.8 Å². The van der Waals surface area contributed by atoms with E-state index in [1.807, 2.05) is 32.0 Å². The van der Waals surface area contributed by atoms with E-state index in [9.17, 15) is 9.90 Å². The van der Waals surface area contributed by atoms with Gasteiger partial charge in [0.1, 0.15) is 0 Å². The molecule has 1 atom stereocenters. The molecular formula is C17H25NO2. The van der Waals surface area contributed by atoms with E-state index in [1.54, 1.807) is 0 Å². The summed E-state index contributed by atoms with van der Waals surface area (Å²) >= 11 is 0. The lowest BCUT2D eigenvalue weighted by Crippen LogP contribution is -2.37. The molecular weight excluding hydrogens is 250 g/mol. The first-order valence-electron chi connectivity index (χ1n) is 7.63. The maximum Gasteiger partial charge on any atom is 0.253 e. The third kappa shape index (κ3) is 3.83. The zero-order chi connectivity index (χ0) is 14.5. The minimum Gasteiger partial charge on any atom is -0.378 e. The van der Waals surface area contributed by atoms with Crippen molar-refractivity contribution in [1.82, 2.24) is 5.32 Å². The summed E-state index contributed by atoms with van der Waals surface area (Å²) in [6.07, 6.45) is 5.86. The Bertz CT molecular complexity index is 462. The summed E-state index contributed by atoms with van der Waals surface area (Å²) in [6.45, 7) is 4.02. The molecule has 20 heavy (non-hydrogen) atoms. The van der Waals surface area contributed by atoms with E-state index in [0.29, 0.717) is 5.56 Å². The highest BCUT2D eigenvalue weighted by atomic mass is 16.3. The van der Waals surface area contributed by atoms with Crippen molar-refractivity contribution >= 4 is 5.91 Å². The predicted octanol–water partition coefficient (Wildman–Crippen LogP) is 3.18. The monoisotopic (exact) mass is 275 g/mol. The molecule has 1 amide bonds. The normalized spacial score (nSPS) is 18.4. The van der Waals surface area contributed by atoms with Crippen molar-refractivity contribution in [3.63, 3.8) is 0 Å². The fourth-order valence-electron chi connectivity index (χ4n) is 2.79. The van der Waals surface area contributed by atoms with Crippen molar-refractivity contribution in [2.45, 2.75) is 64.5 Å². The molecule has 0 spiro atoms. The summed E-state index contributed by atoms with van der Waals surface area (Å²) < 4.78 is 0. The Morgan fingerprint density at radius 2 is 1.80 bits per heavy atom. The number of carbonyl (C=O) groups excluding carboxylic acids is 1. The van der Waals surface area contributed by atoms with Gasteiger partial charge in [-0.05, 0) is 43.4 Å². The fourth-order valence-corrected chi connectivity index (χ4v) is 2.79. The molecule has 1 unspecified atom stereocenters. The van der Waals surface area contributed by atoms with Crippen molar-refractivity contribution in [3.8, 4) is 0 Å². The van der Waals surface area contributed by atoms with Crippen LogP contribution < -0.4 is 5.32 Å². The molecule has 1 fully saturated rings. The standard InChI is InChI=1S/C17H25NO2/c1-12-9-10-14(11-13(12)2)16(19)17(20)18-15-7-5-3-4-6-8-15/h9-11,15-16,19H,3-8H2,1-2H3,(H,18,20). The van der Waals surface area contributed by atoms with E-state index in [1.165, 1.54) is 31.2 Å². The van der Waals surface area contributed by atoms with Crippen LogP contribution in [-0.2, 0) is 4.79 Å². The van der Waals surface area contributed by atoms with E-state index in [4.69, 9.17) is 0 Å². The van der Waals surface area contributed by atoms with Gasteiger partial charge in [0, 0.05) is 6.04 Å². The molecule has 1 aliphatic carbocycles. The highest BCUT2D eigenvalue weighted by Gasteiger charge is 2.21. The molecule has 3 heteroatoms. The molecule has 110 valence electrons. The van der Waals surface area contributed by atoms with E-state index >= 15 is 0 Å². The Hall–Kier alpha value is -1.35. The number of aryl methyl sites for hydroxylation is 2.